The molecule has 0 spiro atoms. The molecule has 2 heterocycles. The number of nitrogens with zero attached hydrogens (tertiary/aromatic N) is 2. The van der Waals surface area contributed by atoms with Crippen molar-refractivity contribution < 1.29 is 4.79 Å². The lowest BCUT2D eigenvalue weighted by atomic mass is 10.1. The van der Waals surface area contributed by atoms with E-state index >= 15 is 0 Å². The Morgan fingerprint density at radius 3 is 2.59 bits per heavy atom. The summed E-state index contributed by atoms with van der Waals surface area (Å²) >= 11 is 1.29. The summed E-state index contributed by atoms with van der Waals surface area (Å²) in [5, 5.41) is 4.65. The molecule has 142 valence electrons. The molecule has 0 saturated carbocycles. The fourth-order valence-electron chi connectivity index (χ4n) is 2.93. The van der Waals surface area contributed by atoms with Crippen LogP contribution in [0.15, 0.2) is 51.4 Å². The Morgan fingerprint density at radius 1 is 1.15 bits per heavy atom. The van der Waals surface area contributed by atoms with Crippen molar-refractivity contribution in [1.82, 2.24) is 14.5 Å². The van der Waals surface area contributed by atoms with E-state index in [1.165, 1.54) is 20.5 Å². The minimum absolute atomic E-state index is 0.0372. The number of carbonyl (C=O) groups excluding carboxylic acids is 1. The van der Waals surface area contributed by atoms with Gasteiger partial charge in [-0.25, -0.2) is 4.79 Å². The van der Waals surface area contributed by atoms with Crippen LogP contribution in [0.2, 0.25) is 0 Å². The lowest BCUT2D eigenvalue weighted by Gasteiger charge is -2.14. The molecular weight excluding hydrogens is 362 g/mol. The third-order valence-corrected chi connectivity index (χ3v) is 5.52. The first-order chi connectivity index (χ1) is 13.0. The molecule has 0 aliphatic rings. The molecule has 0 unspecified atom stereocenters. The Kier molecular flexibility index (Phi) is 5.91. The highest BCUT2D eigenvalue weighted by atomic mass is 32.1. The Balaban J connectivity index is 1.96. The van der Waals surface area contributed by atoms with Crippen LogP contribution in [0.5, 0.6) is 0 Å². The molecule has 0 aliphatic heterocycles. The van der Waals surface area contributed by atoms with Crippen LogP contribution >= 0.6 is 11.3 Å². The van der Waals surface area contributed by atoms with Crippen molar-refractivity contribution in [3.63, 3.8) is 0 Å². The Hall–Kier alpha value is -2.67. The SMILES string of the molecule is CC[C@@H](C)NC(=O)Cn1c(=O)n(CCc2ccccc2)c(=O)c2sccc21. The van der Waals surface area contributed by atoms with Gasteiger partial charge in [0.25, 0.3) is 5.56 Å². The van der Waals surface area contributed by atoms with Crippen molar-refractivity contribution in [2.45, 2.75) is 45.8 Å². The van der Waals surface area contributed by atoms with Gasteiger partial charge in [-0.2, -0.15) is 0 Å². The van der Waals surface area contributed by atoms with E-state index < -0.39 is 5.69 Å². The highest BCUT2D eigenvalue weighted by Gasteiger charge is 2.17. The molecule has 0 fully saturated rings. The first-order valence-electron chi connectivity index (χ1n) is 9.05. The van der Waals surface area contributed by atoms with Crippen molar-refractivity contribution in [1.29, 1.82) is 0 Å². The van der Waals surface area contributed by atoms with E-state index in [1.54, 1.807) is 11.4 Å². The summed E-state index contributed by atoms with van der Waals surface area (Å²) in [6, 6.07) is 11.5. The van der Waals surface area contributed by atoms with E-state index in [2.05, 4.69) is 5.32 Å². The molecule has 6 nitrogen and oxygen atoms in total. The molecule has 0 saturated heterocycles. The van der Waals surface area contributed by atoms with Gasteiger partial charge in [-0.3, -0.25) is 18.7 Å². The van der Waals surface area contributed by atoms with E-state index in [4.69, 9.17) is 0 Å². The smallest absolute Gasteiger partial charge is 0.332 e. The zero-order chi connectivity index (χ0) is 19.4. The van der Waals surface area contributed by atoms with Crippen molar-refractivity contribution in [2.75, 3.05) is 0 Å². The molecule has 0 aliphatic carbocycles. The number of aromatic nitrogens is 2. The maximum Gasteiger partial charge on any atom is 0.332 e. The zero-order valence-corrected chi connectivity index (χ0v) is 16.3. The number of fused-ring (bicyclic) bond motifs is 1. The van der Waals surface area contributed by atoms with Crippen molar-refractivity contribution in [2.24, 2.45) is 0 Å². The summed E-state index contributed by atoms with van der Waals surface area (Å²) in [5.74, 6) is -0.229. The van der Waals surface area contributed by atoms with Gasteiger partial charge in [0, 0.05) is 12.6 Å². The number of nitrogens with one attached hydrogen (secondary N) is 1. The number of amides is 1. The number of carbonyl (C=O) groups is 1. The summed E-state index contributed by atoms with van der Waals surface area (Å²) in [6.07, 6.45) is 1.39. The monoisotopic (exact) mass is 385 g/mol. The number of rotatable bonds is 7. The molecule has 3 rings (SSSR count). The van der Waals surface area contributed by atoms with Crippen LogP contribution in [-0.2, 0) is 24.3 Å². The Bertz CT molecular complexity index is 1050. The molecular formula is C20H23N3O3S. The average Bonchev–Trinajstić information content (AvgIpc) is 3.15. The number of thiophene rings is 1. The summed E-state index contributed by atoms with van der Waals surface area (Å²) in [4.78, 5) is 38.0. The summed E-state index contributed by atoms with van der Waals surface area (Å²) < 4.78 is 3.14. The maximum atomic E-state index is 13.0. The van der Waals surface area contributed by atoms with Gasteiger partial charge in [0.1, 0.15) is 11.2 Å². The van der Waals surface area contributed by atoms with E-state index in [9.17, 15) is 14.4 Å². The quantitative estimate of drug-likeness (QED) is 0.679. The summed E-state index contributed by atoms with van der Waals surface area (Å²) in [6.45, 7) is 4.09. The number of hydrogen-bond acceptors (Lipinski definition) is 4. The Labute approximate surface area is 161 Å². The summed E-state index contributed by atoms with van der Waals surface area (Å²) in [5.41, 5.74) is 0.835. The maximum absolute atomic E-state index is 13.0. The number of benzene rings is 1. The van der Waals surface area contributed by atoms with Crippen LogP contribution in [0.3, 0.4) is 0 Å². The van der Waals surface area contributed by atoms with Crippen molar-refractivity contribution in [3.8, 4) is 0 Å². The van der Waals surface area contributed by atoms with E-state index in [0.29, 0.717) is 16.6 Å². The standard InChI is InChI=1S/C20H23N3O3S/c1-3-14(2)21-17(24)13-23-16-10-12-27-18(16)19(25)22(20(23)26)11-9-15-7-5-4-6-8-15/h4-8,10,12,14H,3,9,11,13H2,1-2H3,(H,21,24)/t14-/m1/s1. The summed E-state index contributed by atoms with van der Waals surface area (Å²) in [7, 11) is 0. The number of aryl methyl sites for hydroxylation is 1. The predicted octanol–water partition coefficient (Wildman–Crippen LogP) is 2.38. The minimum Gasteiger partial charge on any atom is -0.352 e. The highest BCUT2D eigenvalue weighted by molar-refractivity contribution is 7.17. The van der Waals surface area contributed by atoms with Gasteiger partial charge in [0.05, 0.1) is 5.52 Å². The molecule has 3 aromatic rings. The van der Waals surface area contributed by atoms with Gasteiger partial charge in [0.2, 0.25) is 5.91 Å². The van der Waals surface area contributed by atoms with Gasteiger partial charge in [-0.1, -0.05) is 37.3 Å². The first kappa shape index (κ1) is 19.1. The molecule has 0 bridgehead atoms. The van der Waals surface area contributed by atoms with Gasteiger partial charge in [-0.05, 0) is 36.8 Å². The van der Waals surface area contributed by atoms with Gasteiger partial charge >= 0.3 is 5.69 Å². The number of hydrogen-bond donors (Lipinski definition) is 1. The van der Waals surface area contributed by atoms with Crippen LogP contribution < -0.4 is 16.6 Å². The normalized spacial score (nSPS) is 12.2. The zero-order valence-electron chi connectivity index (χ0n) is 15.5. The molecule has 2 aromatic heterocycles. The van der Waals surface area contributed by atoms with Crippen LogP contribution in [0.25, 0.3) is 10.2 Å². The molecule has 1 atom stereocenters. The van der Waals surface area contributed by atoms with Crippen LogP contribution in [0, 0.1) is 0 Å². The first-order valence-corrected chi connectivity index (χ1v) is 9.93. The highest BCUT2D eigenvalue weighted by Crippen LogP contribution is 2.15. The van der Waals surface area contributed by atoms with Crippen LogP contribution in [0.1, 0.15) is 25.8 Å². The van der Waals surface area contributed by atoms with E-state index in [0.717, 1.165) is 12.0 Å². The second-order valence-corrected chi connectivity index (χ2v) is 7.49. The largest absolute Gasteiger partial charge is 0.352 e. The Morgan fingerprint density at radius 2 is 1.89 bits per heavy atom. The molecule has 1 amide bonds. The topological polar surface area (TPSA) is 73.1 Å². The molecule has 0 radical (unpaired) electrons. The predicted molar refractivity (Wildman–Crippen MR) is 108 cm³/mol. The fourth-order valence-corrected chi connectivity index (χ4v) is 3.78. The van der Waals surface area contributed by atoms with Crippen LogP contribution in [-0.4, -0.2) is 21.1 Å². The minimum atomic E-state index is -0.443. The van der Waals surface area contributed by atoms with Gasteiger partial charge < -0.3 is 5.32 Å². The molecule has 7 heteroatoms. The van der Waals surface area contributed by atoms with Gasteiger partial charge in [-0.15, -0.1) is 11.3 Å². The lowest BCUT2D eigenvalue weighted by molar-refractivity contribution is -0.122. The van der Waals surface area contributed by atoms with Crippen molar-refractivity contribution in [3.05, 3.63) is 68.2 Å². The van der Waals surface area contributed by atoms with Gasteiger partial charge in [0.15, 0.2) is 0 Å². The molecule has 27 heavy (non-hydrogen) atoms. The fraction of sp³-hybridized carbons (Fsp3) is 0.350. The third-order valence-electron chi connectivity index (χ3n) is 4.62. The molecule has 1 aromatic carbocycles. The van der Waals surface area contributed by atoms with Crippen LogP contribution in [0.4, 0.5) is 0 Å². The van der Waals surface area contributed by atoms with E-state index in [1.807, 2.05) is 44.2 Å². The average molecular weight is 385 g/mol. The molecule has 1 N–H and O–H groups in total. The third kappa shape index (κ3) is 4.19. The van der Waals surface area contributed by atoms with Crippen molar-refractivity contribution >= 4 is 27.5 Å². The lowest BCUT2D eigenvalue weighted by Crippen LogP contribution is -2.43. The van der Waals surface area contributed by atoms with E-state index in [-0.39, 0.29) is 30.6 Å². The second-order valence-electron chi connectivity index (χ2n) is 6.57. The second kappa shape index (κ2) is 8.35.